The number of amides is 1. The summed E-state index contributed by atoms with van der Waals surface area (Å²) in [6, 6.07) is 10.0. The minimum Gasteiger partial charge on any atom is -0.389 e. The molecule has 0 bridgehead atoms. The lowest BCUT2D eigenvalue weighted by Crippen LogP contribution is -2.56. The molecule has 1 saturated carbocycles. The molecule has 2 saturated heterocycles. The fraction of sp³-hybridized carbons (Fsp3) is 0.464. The number of ether oxygens (including phenoxy) is 1. The number of fused-ring (bicyclic) bond motifs is 1. The topological polar surface area (TPSA) is 87.6 Å². The van der Waals surface area contributed by atoms with E-state index >= 15 is 0 Å². The highest BCUT2D eigenvalue weighted by atomic mass is 35.5. The first kappa shape index (κ1) is 23.8. The van der Waals surface area contributed by atoms with Crippen molar-refractivity contribution in [3.63, 3.8) is 0 Å². The number of carbonyl (C=O) groups is 1. The molecule has 2 aromatic heterocycles. The number of benzene rings is 1. The molecule has 2 unspecified atom stereocenters. The van der Waals surface area contributed by atoms with Gasteiger partial charge in [-0.15, -0.1) is 0 Å². The predicted molar refractivity (Wildman–Crippen MR) is 139 cm³/mol. The first-order valence-electron chi connectivity index (χ1n) is 12.7. The number of likely N-dealkylation sites (tertiary alicyclic amines) is 1. The van der Waals surface area contributed by atoms with E-state index in [0.29, 0.717) is 24.9 Å². The van der Waals surface area contributed by atoms with Crippen molar-refractivity contribution in [2.45, 2.75) is 49.7 Å². The lowest BCUT2D eigenvalue weighted by molar-refractivity contribution is -0.117. The maximum Gasteiger partial charge on any atom is 0.229 e. The van der Waals surface area contributed by atoms with Crippen LogP contribution in [0, 0.1) is 5.92 Å². The van der Waals surface area contributed by atoms with Crippen molar-refractivity contribution in [2.24, 2.45) is 5.92 Å². The molecule has 4 atom stereocenters. The van der Waals surface area contributed by atoms with Crippen LogP contribution in [0.1, 0.15) is 49.1 Å². The molecule has 36 heavy (non-hydrogen) atoms. The number of nitrogens with zero attached hydrogens (tertiary/aromatic N) is 3. The molecule has 8 heteroatoms. The van der Waals surface area contributed by atoms with E-state index in [1.807, 2.05) is 24.3 Å². The van der Waals surface area contributed by atoms with Crippen molar-refractivity contribution >= 4 is 34.1 Å². The van der Waals surface area contributed by atoms with Gasteiger partial charge < -0.3 is 15.2 Å². The number of halogens is 1. The molecule has 4 heterocycles. The van der Waals surface area contributed by atoms with E-state index < -0.39 is 6.10 Å². The second kappa shape index (κ2) is 9.38. The third kappa shape index (κ3) is 4.39. The molecule has 2 aliphatic heterocycles. The van der Waals surface area contributed by atoms with Crippen LogP contribution in [0.4, 0.5) is 5.82 Å². The van der Waals surface area contributed by atoms with Gasteiger partial charge in [-0.1, -0.05) is 11.6 Å². The van der Waals surface area contributed by atoms with Crippen molar-refractivity contribution in [2.75, 3.05) is 31.6 Å². The first-order valence-corrected chi connectivity index (χ1v) is 13.1. The number of piperidine rings is 1. The van der Waals surface area contributed by atoms with Crippen LogP contribution in [-0.2, 0) is 9.53 Å². The second-order valence-electron chi connectivity index (χ2n) is 10.7. The van der Waals surface area contributed by atoms with Gasteiger partial charge in [0.05, 0.1) is 24.9 Å². The number of pyridine rings is 2. The highest BCUT2D eigenvalue weighted by Gasteiger charge is 2.45. The average Bonchev–Trinajstić information content (AvgIpc) is 3.63. The molecule has 1 amide bonds. The Morgan fingerprint density at radius 2 is 1.97 bits per heavy atom. The number of nitrogens with one attached hydrogen (secondary N) is 1. The molecule has 1 aliphatic carbocycles. The summed E-state index contributed by atoms with van der Waals surface area (Å²) < 4.78 is 5.54. The molecule has 7 nitrogen and oxygen atoms in total. The standard InChI is InChI=1S/C28H31ClN4O3/c1-28(16-36-15-25(28)34)33-8-4-18(5-9-33)22-10-19-12-26(31-14-20(19)11-24(22)29)32-27(35)23-13-21(23)17-2-6-30-7-3-17/h2-3,6-7,10-12,14,18,21,23,25,34H,4-5,8-9,13,15-16H2,1H3,(H,31,32,35)/t21?,23?,25-,28+/m0/s1. The summed E-state index contributed by atoms with van der Waals surface area (Å²) in [6.07, 6.45) is 7.67. The molecule has 1 aromatic carbocycles. The largest absolute Gasteiger partial charge is 0.389 e. The van der Waals surface area contributed by atoms with E-state index in [1.165, 1.54) is 0 Å². The number of carbonyl (C=O) groups excluding carboxylic acids is 1. The molecule has 2 N–H and O–H groups in total. The van der Waals surface area contributed by atoms with E-state index in [4.69, 9.17) is 16.3 Å². The van der Waals surface area contributed by atoms with Gasteiger partial charge in [0.2, 0.25) is 5.91 Å². The third-order valence-electron chi connectivity index (χ3n) is 8.40. The quantitative estimate of drug-likeness (QED) is 0.535. The number of anilines is 1. The lowest BCUT2D eigenvalue weighted by atomic mass is 9.85. The Hall–Kier alpha value is -2.58. The highest BCUT2D eigenvalue weighted by Crippen LogP contribution is 2.48. The van der Waals surface area contributed by atoms with Crippen molar-refractivity contribution in [1.82, 2.24) is 14.9 Å². The SMILES string of the molecule is C[C@@]1(N2CCC(c3cc4cc(NC(=O)C5CC5c5ccncc5)ncc4cc3Cl)CC2)COC[C@@H]1O. The van der Waals surface area contributed by atoms with Gasteiger partial charge >= 0.3 is 0 Å². The normalized spacial score (nSPS) is 28.9. The van der Waals surface area contributed by atoms with Gasteiger partial charge in [-0.25, -0.2) is 4.98 Å². The zero-order chi connectivity index (χ0) is 24.9. The van der Waals surface area contributed by atoms with Crippen LogP contribution in [0.25, 0.3) is 10.8 Å². The maximum atomic E-state index is 12.8. The Bertz CT molecular complexity index is 1280. The minimum absolute atomic E-state index is 0.0109. The van der Waals surface area contributed by atoms with Crippen LogP contribution < -0.4 is 5.32 Å². The van der Waals surface area contributed by atoms with E-state index in [1.54, 1.807) is 18.6 Å². The van der Waals surface area contributed by atoms with Crippen LogP contribution in [-0.4, -0.2) is 63.8 Å². The third-order valence-corrected chi connectivity index (χ3v) is 8.72. The van der Waals surface area contributed by atoms with Crippen LogP contribution in [0.2, 0.25) is 5.02 Å². The number of rotatable bonds is 5. The smallest absolute Gasteiger partial charge is 0.229 e. The van der Waals surface area contributed by atoms with Crippen LogP contribution in [0.5, 0.6) is 0 Å². The van der Waals surface area contributed by atoms with E-state index in [0.717, 1.165) is 59.3 Å². The lowest BCUT2D eigenvalue weighted by Gasteiger charge is -2.43. The second-order valence-corrected chi connectivity index (χ2v) is 11.1. The number of aromatic nitrogens is 2. The first-order chi connectivity index (χ1) is 17.4. The zero-order valence-corrected chi connectivity index (χ0v) is 21.1. The van der Waals surface area contributed by atoms with Crippen molar-refractivity contribution < 1.29 is 14.6 Å². The fourth-order valence-corrected chi connectivity index (χ4v) is 6.23. The fourth-order valence-electron chi connectivity index (χ4n) is 5.90. The Balaban J connectivity index is 1.15. The summed E-state index contributed by atoms with van der Waals surface area (Å²) in [5.41, 5.74) is 1.99. The van der Waals surface area contributed by atoms with Gasteiger partial charge in [-0.3, -0.25) is 14.7 Å². The van der Waals surface area contributed by atoms with E-state index in [2.05, 4.69) is 33.2 Å². The van der Waals surface area contributed by atoms with Crippen LogP contribution in [0.15, 0.2) is 48.9 Å². The molecule has 188 valence electrons. The van der Waals surface area contributed by atoms with E-state index in [-0.39, 0.29) is 23.3 Å². The van der Waals surface area contributed by atoms with Crippen molar-refractivity contribution in [3.05, 3.63) is 65.1 Å². The zero-order valence-electron chi connectivity index (χ0n) is 20.4. The van der Waals surface area contributed by atoms with Gasteiger partial charge in [0.1, 0.15) is 5.82 Å². The monoisotopic (exact) mass is 506 g/mol. The van der Waals surface area contributed by atoms with Crippen molar-refractivity contribution in [3.8, 4) is 0 Å². The summed E-state index contributed by atoms with van der Waals surface area (Å²) in [4.78, 5) is 23.7. The molecule has 0 radical (unpaired) electrons. The Morgan fingerprint density at radius 3 is 2.69 bits per heavy atom. The van der Waals surface area contributed by atoms with Crippen LogP contribution in [0.3, 0.4) is 0 Å². The predicted octanol–water partition coefficient (Wildman–Crippen LogP) is 4.35. The maximum absolute atomic E-state index is 12.8. The Kier molecular flexibility index (Phi) is 6.20. The number of aliphatic hydroxyl groups excluding tert-OH is 1. The molecule has 3 aliphatic rings. The van der Waals surface area contributed by atoms with Gasteiger partial charge in [-0.2, -0.15) is 0 Å². The number of hydrogen-bond acceptors (Lipinski definition) is 6. The molecule has 0 spiro atoms. The summed E-state index contributed by atoms with van der Waals surface area (Å²) in [6.45, 7) is 4.87. The average molecular weight is 507 g/mol. The van der Waals surface area contributed by atoms with Crippen molar-refractivity contribution in [1.29, 1.82) is 0 Å². The van der Waals surface area contributed by atoms with Crippen LogP contribution >= 0.6 is 11.6 Å². The molecule has 3 fully saturated rings. The van der Waals surface area contributed by atoms with E-state index in [9.17, 15) is 9.90 Å². The molecule has 6 rings (SSSR count). The summed E-state index contributed by atoms with van der Waals surface area (Å²) in [5.74, 6) is 1.15. The Morgan fingerprint density at radius 1 is 1.19 bits per heavy atom. The number of aliphatic hydroxyl groups is 1. The Labute approximate surface area is 215 Å². The summed E-state index contributed by atoms with van der Waals surface area (Å²) >= 11 is 6.72. The minimum atomic E-state index is -0.449. The number of hydrogen-bond donors (Lipinski definition) is 2. The summed E-state index contributed by atoms with van der Waals surface area (Å²) in [7, 11) is 0. The highest BCUT2D eigenvalue weighted by molar-refractivity contribution is 6.32. The molecular formula is C28H31ClN4O3. The molecule has 3 aromatic rings. The van der Waals surface area contributed by atoms with Gasteiger partial charge in [0.15, 0.2) is 0 Å². The van der Waals surface area contributed by atoms with Gasteiger partial charge in [0, 0.05) is 34.9 Å². The van der Waals surface area contributed by atoms with Gasteiger partial charge in [-0.05, 0) is 98.0 Å². The van der Waals surface area contributed by atoms with Gasteiger partial charge in [0.25, 0.3) is 0 Å². The molecular weight excluding hydrogens is 476 g/mol. The summed E-state index contributed by atoms with van der Waals surface area (Å²) in [5, 5.41) is 16.2.